The van der Waals surface area contributed by atoms with Crippen LogP contribution < -0.4 is 10.5 Å². The number of thiophene rings is 1. The number of aryl methyl sites for hydroxylation is 1. The van der Waals surface area contributed by atoms with Gasteiger partial charge in [-0.1, -0.05) is 11.6 Å². The molecule has 2 aromatic rings. The molecule has 1 atom stereocenters. The van der Waals surface area contributed by atoms with Crippen LogP contribution in [0, 0.1) is 6.92 Å². The maximum atomic E-state index is 6.07. The van der Waals surface area contributed by atoms with Gasteiger partial charge in [0.05, 0.1) is 6.04 Å². The zero-order valence-corrected chi connectivity index (χ0v) is 11.1. The molecule has 0 fully saturated rings. The highest BCUT2D eigenvalue weighted by molar-refractivity contribution is 7.10. The lowest BCUT2D eigenvalue weighted by atomic mass is 10.1. The van der Waals surface area contributed by atoms with E-state index in [1.807, 2.05) is 17.5 Å². The molecule has 0 aliphatic rings. The monoisotopic (exact) mass is 267 g/mol. The normalized spacial score (nSPS) is 12.4. The Labute approximate surface area is 110 Å². The highest BCUT2D eigenvalue weighted by atomic mass is 35.5. The van der Waals surface area contributed by atoms with Crippen LogP contribution in [0.2, 0.25) is 5.02 Å². The molecule has 17 heavy (non-hydrogen) atoms. The molecule has 0 spiro atoms. The first-order valence-corrected chi connectivity index (χ1v) is 6.60. The van der Waals surface area contributed by atoms with E-state index in [0.717, 1.165) is 11.3 Å². The molecule has 0 radical (unpaired) electrons. The van der Waals surface area contributed by atoms with E-state index in [4.69, 9.17) is 22.1 Å². The summed E-state index contributed by atoms with van der Waals surface area (Å²) < 4.78 is 5.62. The second kappa shape index (κ2) is 5.54. The minimum atomic E-state index is -0.0862. The van der Waals surface area contributed by atoms with Gasteiger partial charge in [-0.2, -0.15) is 0 Å². The van der Waals surface area contributed by atoms with Crippen molar-refractivity contribution in [3.63, 3.8) is 0 Å². The van der Waals surface area contributed by atoms with E-state index in [0.29, 0.717) is 11.6 Å². The van der Waals surface area contributed by atoms with E-state index in [9.17, 15) is 0 Å². The van der Waals surface area contributed by atoms with E-state index in [-0.39, 0.29) is 6.04 Å². The Balaban J connectivity index is 1.94. The Morgan fingerprint density at radius 1 is 1.29 bits per heavy atom. The summed E-state index contributed by atoms with van der Waals surface area (Å²) in [6.45, 7) is 2.54. The van der Waals surface area contributed by atoms with Gasteiger partial charge >= 0.3 is 0 Å². The second-order valence-corrected chi connectivity index (χ2v) is 5.36. The highest BCUT2D eigenvalue weighted by Gasteiger charge is 2.10. The number of nitrogens with two attached hydrogens (primary N) is 1. The Morgan fingerprint density at radius 3 is 2.59 bits per heavy atom. The van der Waals surface area contributed by atoms with E-state index in [1.165, 1.54) is 4.88 Å². The predicted octanol–water partition coefficient (Wildman–Crippen LogP) is 3.79. The lowest BCUT2D eigenvalue weighted by Crippen LogP contribution is -2.19. The van der Waals surface area contributed by atoms with Crippen LogP contribution in [0.25, 0.3) is 0 Å². The van der Waals surface area contributed by atoms with E-state index < -0.39 is 0 Å². The van der Waals surface area contributed by atoms with E-state index in [1.54, 1.807) is 23.5 Å². The van der Waals surface area contributed by atoms with Crippen molar-refractivity contribution >= 4 is 22.9 Å². The van der Waals surface area contributed by atoms with Crippen molar-refractivity contribution in [3.8, 4) is 5.75 Å². The number of halogens is 1. The third kappa shape index (κ3) is 3.22. The molecule has 2 nitrogen and oxygen atoms in total. The van der Waals surface area contributed by atoms with Crippen LogP contribution in [0.4, 0.5) is 0 Å². The Hall–Kier alpha value is -1.03. The maximum Gasteiger partial charge on any atom is 0.119 e. The number of hydrogen-bond donors (Lipinski definition) is 1. The van der Waals surface area contributed by atoms with Crippen molar-refractivity contribution in [2.45, 2.75) is 13.0 Å². The van der Waals surface area contributed by atoms with Crippen LogP contribution in [0.5, 0.6) is 5.75 Å². The number of benzene rings is 1. The maximum absolute atomic E-state index is 6.07. The fraction of sp³-hybridized carbons (Fsp3) is 0.231. The summed E-state index contributed by atoms with van der Waals surface area (Å²) >= 11 is 7.50. The molecule has 2 rings (SSSR count). The molecule has 1 heterocycles. The van der Waals surface area contributed by atoms with Crippen molar-refractivity contribution in [2.24, 2.45) is 5.73 Å². The van der Waals surface area contributed by atoms with E-state index in [2.05, 4.69) is 13.0 Å². The molecule has 1 aromatic carbocycles. The molecule has 1 unspecified atom stereocenters. The van der Waals surface area contributed by atoms with Gasteiger partial charge in [0.1, 0.15) is 12.4 Å². The Morgan fingerprint density at radius 2 is 2.00 bits per heavy atom. The van der Waals surface area contributed by atoms with Gasteiger partial charge in [-0.3, -0.25) is 0 Å². The first kappa shape index (κ1) is 12.4. The second-order valence-electron chi connectivity index (χ2n) is 3.80. The first-order chi connectivity index (χ1) is 8.16. The van der Waals surface area contributed by atoms with Gasteiger partial charge in [0.15, 0.2) is 0 Å². The Bertz CT molecular complexity index is 480. The lowest BCUT2D eigenvalue weighted by molar-refractivity contribution is 0.290. The number of rotatable bonds is 4. The molecule has 0 saturated carbocycles. The standard InChI is InChI=1S/C13H14ClNOS/c1-9-12(6-7-17-9)13(15)8-16-11-4-2-10(14)3-5-11/h2-7,13H,8,15H2,1H3. The molecular formula is C13H14ClNOS. The highest BCUT2D eigenvalue weighted by Crippen LogP contribution is 2.22. The largest absolute Gasteiger partial charge is 0.492 e. The average Bonchev–Trinajstić information content (AvgIpc) is 2.74. The summed E-state index contributed by atoms with van der Waals surface area (Å²) in [6, 6.07) is 9.26. The summed E-state index contributed by atoms with van der Waals surface area (Å²) in [5.41, 5.74) is 7.23. The van der Waals surface area contributed by atoms with E-state index >= 15 is 0 Å². The van der Waals surface area contributed by atoms with Crippen LogP contribution in [0.3, 0.4) is 0 Å². The molecular weight excluding hydrogens is 254 g/mol. The van der Waals surface area contributed by atoms with Gasteiger partial charge in [-0.25, -0.2) is 0 Å². The van der Waals surface area contributed by atoms with Crippen molar-refractivity contribution in [2.75, 3.05) is 6.61 Å². The molecule has 4 heteroatoms. The van der Waals surface area contributed by atoms with Crippen LogP contribution >= 0.6 is 22.9 Å². The summed E-state index contributed by atoms with van der Waals surface area (Å²) in [4.78, 5) is 1.25. The van der Waals surface area contributed by atoms with Gasteiger partial charge in [0.2, 0.25) is 0 Å². The third-order valence-electron chi connectivity index (χ3n) is 2.54. The predicted molar refractivity (Wildman–Crippen MR) is 72.9 cm³/mol. The summed E-state index contributed by atoms with van der Waals surface area (Å²) in [5, 5.41) is 2.75. The van der Waals surface area contributed by atoms with Crippen LogP contribution in [0.15, 0.2) is 35.7 Å². The molecule has 0 aliphatic heterocycles. The van der Waals surface area contributed by atoms with Gasteiger partial charge in [0, 0.05) is 9.90 Å². The summed E-state index contributed by atoms with van der Waals surface area (Å²) in [6.07, 6.45) is 0. The topological polar surface area (TPSA) is 35.2 Å². The quantitative estimate of drug-likeness (QED) is 0.915. The SMILES string of the molecule is Cc1sccc1C(N)COc1ccc(Cl)cc1. The minimum absolute atomic E-state index is 0.0862. The zero-order chi connectivity index (χ0) is 12.3. The minimum Gasteiger partial charge on any atom is -0.492 e. The smallest absolute Gasteiger partial charge is 0.119 e. The van der Waals surface area contributed by atoms with Crippen molar-refractivity contribution in [1.29, 1.82) is 0 Å². The summed E-state index contributed by atoms with van der Waals surface area (Å²) in [5.74, 6) is 0.790. The zero-order valence-electron chi connectivity index (χ0n) is 9.52. The lowest BCUT2D eigenvalue weighted by Gasteiger charge is -2.13. The fourth-order valence-electron chi connectivity index (χ4n) is 1.59. The fourth-order valence-corrected chi connectivity index (χ4v) is 2.49. The molecule has 0 bridgehead atoms. The summed E-state index contributed by atoms with van der Waals surface area (Å²) in [7, 11) is 0. The molecule has 90 valence electrons. The molecule has 0 saturated heterocycles. The van der Waals surface area contributed by atoms with Crippen LogP contribution in [-0.4, -0.2) is 6.61 Å². The molecule has 0 aliphatic carbocycles. The molecule has 2 N–H and O–H groups in total. The van der Waals surface area contributed by atoms with Gasteiger partial charge < -0.3 is 10.5 Å². The van der Waals surface area contributed by atoms with Gasteiger partial charge in [0.25, 0.3) is 0 Å². The van der Waals surface area contributed by atoms with Crippen LogP contribution in [0.1, 0.15) is 16.5 Å². The average molecular weight is 268 g/mol. The van der Waals surface area contributed by atoms with Crippen molar-refractivity contribution in [1.82, 2.24) is 0 Å². The third-order valence-corrected chi connectivity index (χ3v) is 3.66. The first-order valence-electron chi connectivity index (χ1n) is 5.35. The Kier molecular flexibility index (Phi) is 4.05. The molecule has 0 amide bonds. The number of ether oxygens (including phenoxy) is 1. The van der Waals surface area contributed by atoms with Crippen molar-refractivity contribution < 1.29 is 4.74 Å². The van der Waals surface area contributed by atoms with Gasteiger partial charge in [-0.15, -0.1) is 11.3 Å². The van der Waals surface area contributed by atoms with Gasteiger partial charge in [-0.05, 0) is 48.2 Å². The molecule has 1 aromatic heterocycles. The van der Waals surface area contributed by atoms with Crippen LogP contribution in [-0.2, 0) is 0 Å². The number of hydrogen-bond acceptors (Lipinski definition) is 3. The van der Waals surface area contributed by atoms with Crippen molar-refractivity contribution in [3.05, 3.63) is 51.2 Å².